The van der Waals surface area contributed by atoms with E-state index in [-0.39, 0.29) is 11.8 Å². The molecular weight excluding hydrogens is 491 g/mol. The lowest BCUT2D eigenvalue weighted by Crippen LogP contribution is -2.49. The highest BCUT2D eigenvalue weighted by Crippen LogP contribution is 2.26. The maximum absolute atomic E-state index is 13.5. The van der Waals surface area contributed by atoms with Gasteiger partial charge in [-0.05, 0) is 66.7 Å². The van der Waals surface area contributed by atoms with E-state index in [2.05, 4.69) is 16.3 Å². The first kappa shape index (κ1) is 24.5. The summed E-state index contributed by atoms with van der Waals surface area (Å²) >= 11 is 6.08. The molecule has 3 aromatic carbocycles. The van der Waals surface area contributed by atoms with Crippen molar-refractivity contribution >= 4 is 23.3 Å². The Morgan fingerprint density at radius 1 is 0.973 bits per heavy atom. The van der Waals surface area contributed by atoms with Gasteiger partial charge in [0.15, 0.2) is 0 Å². The van der Waals surface area contributed by atoms with Crippen molar-refractivity contribution in [2.45, 2.75) is 6.54 Å². The van der Waals surface area contributed by atoms with Crippen molar-refractivity contribution in [2.24, 2.45) is 0 Å². The zero-order valence-electron chi connectivity index (χ0n) is 19.9. The van der Waals surface area contributed by atoms with E-state index < -0.39 is 0 Å². The van der Waals surface area contributed by atoms with Gasteiger partial charge in [-0.15, -0.1) is 0 Å². The summed E-state index contributed by atoms with van der Waals surface area (Å²) in [6, 6.07) is 24.6. The third-order valence-electron chi connectivity index (χ3n) is 6.28. The van der Waals surface area contributed by atoms with E-state index in [1.54, 1.807) is 41.3 Å². The molecule has 37 heavy (non-hydrogen) atoms. The number of anilines is 1. The third kappa shape index (κ3) is 5.80. The lowest BCUT2D eigenvalue weighted by Gasteiger charge is -2.34. The van der Waals surface area contributed by atoms with Crippen LogP contribution in [0.1, 0.15) is 11.3 Å². The fourth-order valence-corrected chi connectivity index (χ4v) is 4.41. The minimum absolute atomic E-state index is 0.157. The first-order valence-corrected chi connectivity index (χ1v) is 12.3. The van der Waals surface area contributed by atoms with E-state index in [0.717, 1.165) is 22.6 Å². The van der Waals surface area contributed by atoms with Crippen LogP contribution in [-0.4, -0.2) is 51.8 Å². The highest BCUT2D eigenvalue weighted by Gasteiger charge is 2.22. The molecule has 1 aromatic heterocycles. The average molecular weight is 515 g/mol. The van der Waals surface area contributed by atoms with Crippen molar-refractivity contribution in [3.05, 3.63) is 101 Å². The molecule has 5 rings (SSSR count). The Hall–Kier alpha value is -4.19. The van der Waals surface area contributed by atoms with Gasteiger partial charge in [0.05, 0.1) is 28.7 Å². The summed E-state index contributed by atoms with van der Waals surface area (Å²) in [5.74, 6) is -0.301. The molecule has 0 radical (unpaired) electrons. The van der Waals surface area contributed by atoms with Crippen molar-refractivity contribution in [3.8, 4) is 23.0 Å². The van der Waals surface area contributed by atoms with Gasteiger partial charge in [-0.3, -0.25) is 4.90 Å². The topological polar surface area (TPSA) is 77.2 Å². The quantitative estimate of drug-likeness (QED) is 0.378. The number of nitrogens with one attached hydrogen (secondary N) is 1. The molecule has 0 atom stereocenters. The van der Waals surface area contributed by atoms with Crippen LogP contribution >= 0.6 is 11.6 Å². The average Bonchev–Trinajstić information content (AvgIpc) is 3.34. The highest BCUT2D eigenvalue weighted by molar-refractivity contribution is 6.30. The lowest BCUT2D eigenvalue weighted by atomic mass is 10.1. The minimum Gasteiger partial charge on any atom is -0.322 e. The molecule has 9 heteroatoms. The molecule has 0 saturated carbocycles. The number of urea groups is 1. The van der Waals surface area contributed by atoms with Crippen molar-refractivity contribution in [1.82, 2.24) is 19.6 Å². The summed E-state index contributed by atoms with van der Waals surface area (Å²) in [5.41, 5.74) is 4.70. The molecule has 0 spiro atoms. The fraction of sp³-hybridized carbons (Fsp3) is 0.179. The maximum Gasteiger partial charge on any atom is 0.321 e. The van der Waals surface area contributed by atoms with E-state index in [4.69, 9.17) is 22.0 Å². The number of aromatic nitrogens is 2. The monoisotopic (exact) mass is 514 g/mol. The van der Waals surface area contributed by atoms with Crippen LogP contribution in [0.5, 0.6) is 0 Å². The molecule has 1 saturated heterocycles. The molecule has 1 aliphatic rings. The standard InChI is InChI=1S/C28H24ClFN6O/c29-22-5-3-21(4-6-22)27-17-25(33-36(27)26-11-7-23(30)8-12-26)19-34-13-15-35(16-14-34)28(37)32-24-9-1-20(18-31)2-10-24/h1-12,17H,13-16,19H2,(H,32,37). The Kier molecular flexibility index (Phi) is 7.17. The number of benzene rings is 3. The highest BCUT2D eigenvalue weighted by atomic mass is 35.5. The molecule has 2 heterocycles. The van der Waals surface area contributed by atoms with Crippen LogP contribution in [0.25, 0.3) is 16.9 Å². The van der Waals surface area contributed by atoms with E-state index in [1.165, 1.54) is 12.1 Å². The largest absolute Gasteiger partial charge is 0.322 e. The number of amides is 2. The second kappa shape index (κ2) is 10.8. The predicted octanol–water partition coefficient (Wildman–Crippen LogP) is 5.55. The van der Waals surface area contributed by atoms with Crippen molar-refractivity contribution in [3.63, 3.8) is 0 Å². The van der Waals surface area contributed by atoms with Gasteiger partial charge < -0.3 is 10.2 Å². The molecule has 1 fully saturated rings. The summed E-state index contributed by atoms with van der Waals surface area (Å²) in [5, 5.41) is 17.3. The Morgan fingerprint density at radius 2 is 1.65 bits per heavy atom. The van der Waals surface area contributed by atoms with Crippen LogP contribution < -0.4 is 5.32 Å². The summed E-state index contributed by atoms with van der Waals surface area (Å²) in [4.78, 5) is 16.7. The van der Waals surface area contributed by atoms with Crippen LogP contribution in [0.4, 0.5) is 14.9 Å². The second-order valence-corrected chi connectivity index (χ2v) is 9.23. The third-order valence-corrected chi connectivity index (χ3v) is 6.53. The van der Waals surface area contributed by atoms with Crippen LogP contribution in [-0.2, 0) is 6.54 Å². The van der Waals surface area contributed by atoms with Gasteiger partial charge >= 0.3 is 6.03 Å². The summed E-state index contributed by atoms with van der Waals surface area (Å²) in [7, 11) is 0. The summed E-state index contributed by atoms with van der Waals surface area (Å²) in [6.45, 7) is 3.22. The predicted molar refractivity (Wildman–Crippen MR) is 141 cm³/mol. The number of hydrogen-bond donors (Lipinski definition) is 1. The maximum atomic E-state index is 13.5. The van der Waals surface area contributed by atoms with Gasteiger partial charge in [0, 0.05) is 49.0 Å². The number of nitriles is 1. The first-order chi connectivity index (χ1) is 18.0. The second-order valence-electron chi connectivity index (χ2n) is 8.80. The smallest absolute Gasteiger partial charge is 0.321 e. The molecule has 1 aliphatic heterocycles. The minimum atomic E-state index is -0.301. The van der Waals surface area contributed by atoms with Gasteiger partial charge in [-0.2, -0.15) is 10.4 Å². The van der Waals surface area contributed by atoms with Gasteiger partial charge in [0.2, 0.25) is 0 Å². The summed E-state index contributed by atoms with van der Waals surface area (Å²) < 4.78 is 15.3. The molecule has 186 valence electrons. The van der Waals surface area contributed by atoms with Crippen LogP contribution in [0, 0.1) is 17.1 Å². The fourth-order valence-electron chi connectivity index (χ4n) is 4.28. The molecule has 0 unspecified atom stereocenters. The lowest BCUT2D eigenvalue weighted by molar-refractivity contribution is 0.142. The van der Waals surface area contributed by atoms with Crippen LogP contribution in [0.3, 0.4) is 0 Å². The van der Waals surface area contributed by atoms with E-state index in [1.807, 2.05) is 35.0 Å². The van der Waals surface area contributed by atoms with E-state index in [0.29, 0.717) is 49.0 Å². The van der Waals surface area contributed by atoms with Gasteiger partial charge in [0.1, 0.15) is 5.82 Å². The van der Waals surface area contributed by atoms with Crippen LogP contribution in [0.2, 0.25) is 5.02 Å². The van der Waals surface area contributed by atoms with Crippen molar-refractivity contribution in [1.29, 1.82) is 5.26 Å². The molecule has 0 bridgehead atoms. The number of halogens is 2. The number of carbonyl (C=O) groups is 1. The Balaban J connectivity index is 1.26. The first-order valence-electron chi connectivity index (χ1n) is 11.9. The van der Waals surface area contributed by atoms with E-state index in [9.17, 15) is 9.18 Å². The normalized spacial score (nSPS) is 13.8. The Bertz CT molecular complexity index is 1360. The molecule has 7 nitrogen and oxygen atoms in total. The van der Waals surface area contributed by atoms with E-state index >= 15 is 0 Å². The summed E-state index contributed by atoms with van der Waals surface area (Å²) in [6.07, 6.45) is 0. The van der Waals surface area contributed by atoms with Gasteiger partial charge in [-0.25, -0.2) is 13.9 Å². The van der Waals surface area contributed by atoms with Crippen LogP contribution in [0.15, 0.2) is 78.9 Å². The zero-order chi connectivity index (χ0) is 25.8. The number of nitrogens with zero attached hydrogens (tertiary/aromatic N) is 5. The van der Waals surface area contributed by atoms with Gasteiger partial charge in [-0.1, -0.05) is 23.7 Å². The molecular formula is C28H24ClFN6O. The zero-order valence-corrected chi connectivity index (χ0v) is 20.7. The molecule has 0 aliphatic carbocycles. The van der Waals surface area contributed by atoms with Gasteiger partial charge in [0.25, 0.3) is 0 Å². The van der Waals surface area contributed by atoms with Crippen molar-refractivity contribution < 1.29 is 9.18 Å². The number of rotatable bonds is 5. The molecule has 4 aromatic rings. The Morgan fingerprint density at radius 3 is 2.30 bits per heavy atom. The number of hydrogen-bond acceptors (Lipinski definition) is 4. The van der Waals surface area contributed by atoms with Crippen molar-refractivity contribution in [2.75, 3.05) is 31.5 Å². The number of piperazine rings is 1. The number of carbonyl (C=O) groups excluding carboxylic acids is 1. The SMILES string of the molecule is N#Cc1ccc(NC(=O)N2CCN(Cc3cc(-c4ccc(Cl)cc4)n(-c4ccc(F)cc4)n3)CC2)cc1. The molecule has 1 N–H and O–H groups in total. The Labute approximate surface area is 219 Å². The molecule has 2 amide bonds.